The fourth-order valence-electron chi connectivity index (χ4n) is 2.90. The number of para-hydroxylation sites is 1. The molecular weight excluding hydrogens is 370 g/mol. The highest BCUT2D eigenvalue weighted by atomic mass is 19.1. The van der Waals surface area contributed by atoms with E-state index in [1.54, 1.807) is 6.07 Å². The highest BCUT2D eigenvalue weighted by Crippen LogP contribution is 2.28. The molecule has 2 amide bonds. The molecule has 1 heterocycles. The maximum atomic E-state index is 13.9. The summed E-state index contributed by atoms with van der Waals surface area (Å²) in [5.41, 5.74) is 0.328. The minimum Gasteiger partial charge on any atom is -0.452 e. The Morgan fingerprint density at radius 2 is 1.93 bits per heavy atom. The molecule has 1 aliphatic heterocycles. The molecule has 8 heteroatoms. The van der Waals surface area contributed by atoms with Crippen LogP contribution in [0.1, 0.15) is 13.3 Å². The molecule has 1 fully saturated rings. The Morgan fingerprint density at radius 3 is 2.64 bits per heavy atom. The second-order valence-electron chi connectivity index (χ2n) is 6.44. The molecule has 28 heavy (non-hydrogen) atoms. The number of anilines is 2. The van der Waals surface area contributed by atoms with E-state index < -0.39 is 41.4 Å². The summed E-state index contributed by atoms with van der Waals surface area (Å²) in [5.74, 6) is -3.64. The fraction of sp³-hybridized carbons (Fsp3) is 0.250. The van der Waals surface area contributed by atoms with E-state index in [1.165, 1.54) is 48.2 Å². The van der Waals surface area contributed by atoms with Crippen LogP contribution in [0.15, 0.2) is 48.5 Å². The van der Waals surface area contributed by atoms with Crippen LogP contribution in [0, 0.1) is 17.6 Å². The lowest BCUT2D eigenvalue weighted by Gasteiger charge is -2.18. The standard InChI is InChI=1S/C20H18F2N2O4/c1-12(19(26)23-15-6-4-5-14(21)10-15)28-20(27)13-9-18(25)24(11-13)17-8-3-2-7-16(17)22/h2-8,10,12-13H,9,11H2,1H3,(H,23,26)/t12-,13+/m1/s1. The number of rotatable bonds is 5. The van der Waals surface area contributed by atoms with Crippen LogP contribution < -0.4 is 10.2 Å². The summed E-state index contributed by atoms with van der Waals surface area (Å²) in [6, 6.07) is 11.1. The number of amides is 2. The number of nitrogens with zero attached hydrogens (tertiary/aromatic N) is 1. The lowest BCUT2D eigenvalue weighted by atomic mass is 10.1. The van der Waals surface area contributed by atoms with Gasteiger partial charge in [-0.05, 0) is 37.3 Å². The van der Waals surface area contributed by atoms with Crippen LogP contribution in [0.2, 0.25) is 0 Å². The van der Waals surface area contributed by atoms with Gasteiger partial charge >= 0.3 is 5.97 Å². The number of esters is 1. The van der Waals surface area contributed by atoms with Crippen molar-refractivity contribution in [1.82, 2.24) is 0 Å². The van der Waals surface area contributed by atoms with Gasteiger partial charge in [-0.15, -0.1) is 0 Å². The molecular formula is C20H18F2N2O4. The second-order valence-corrected chi connectivity index (χ2v) is 6.44. The average Bonchev–Trinajstić information content (AvgIpc) is 3.03. The lowest BCUT2D eigenvalue weighted by Crippen LogP contribution is -2.33. The van der Waals surface area contributed by atoms with Gasteiger partial charge in [-0.2, -0.15) is 0 Å². The first kappa shape index (κ1) is 19.5. The predicted molar refractivity (Wildman–Crippen MR) is 97.4 cm³/mol. The van der Waals surface area contributed by atoms with Gasteiger partial charge in [0, 0.05) is 18.7 Å². The summed E-state index contributed by atoms with van der Waals surface area (Å²) in [6.45, 7) is 1.34. The van der Waals surface area contributed by atoms with E-state index in [9.17, 15) is 23.2 Å². The second kappa shape index (κ2) is 8.16. The molecule has 1 N–H and O–H groups in total. The number of benzene rings is 2. The van der Waals surface area contributed by atoms with E-state index >= 15 is 0 Å². The Morgan fingerprint density at radius 1 is 1.18 bits per heavy atom. The van der Waals surface area contributed by atoms with E-state index in [-0.39, 0.29) is 24.3 Å². The Hall–Kier alpha value is -3.29. The molecule has 0 unspecified atom stereocenters. The van der Waals surface area contributed by atoms with Crippen molar-refractivity contribution in [2.24, 2.45) is 5.92 Å². The zero-order chi connectivity index (χ0) is 20.3. The van der Waals surface area contributed by atoms with Crippen LogP contribution in [0.4, 0.5) is 20.2 Å². The Bertz CT molecular complexity index is 919. The third-order valence-electron chi connectivity index (χ3n) is 4.36. The Balaban J connectivity index is 1.59. The number of carbonyl (C=O) groups excluding carboxylic acids is 3. The van der Waals surface area contributed by atoms with Crippen LogP contribution in [0.5, 0.6) is 0 Å². The van der Waals surface area contributed by atoms with Crippen LogP contribution in [-0.4, -0.2) is 30.4 Å². The molecule has 1 saturated heterocycles. The smallest absolute Gasteiger partial charge is 0.312 e. The number of ether oxygens (including phenoxy) is 1. The van der Waals surface area contributed by atoms with Crippen molar-refractivity contribution >= 4 is 29.2 Å². The first-order valence-corrected chi connectivity index (χ1v) is 8.67. The molecule has 0 aromatic heterocycles. The minimum absolute atomic E-state index is 0.0309. The van der Waals surface area contributed by atoms with Gasteiger partial charge in [0.25, 0.3) is 5.91 Å². The van der Waals surface area contributed by atoms with Gasteiger partial charge in [0.2, 0.25) is 5.91 Å². The first-order valence-electron chi connectivity index (χ1n) is 8.67. The number of hydrogen-bond acceptors (Lipinski definition) is 4. The van der Waals surface area contributed by atoms with Gasteiger partial charge in [0.15, 0.2) is 6.10 Å². The summed E-state index contributed by atoms with van der Waals surface area (Å²) in [6.07, 6.45) is -1.28. The third kappa shape index (κ3) is 4.33. The van der Waals surface area contributed by atoms with Gasteiger partial charge in [-0.3, -0.25) is 14.4 Å². The van der Waals surface area contributed by atoms with Gasteiger partial charge in [-0.1, -0.05) is 18.2 Å². The van der Waals surface area contributed by atoms with Crippen LogP contribution in [-0.2, 0) is 19.1 Å². The number of hydrogen-bond donors (Lipinski definition) is 1. The maximum Gasteiger partial charge on any atom is 0.312 e. The summed E-state index contributed by atoms with van der Waals surface area (Å²) < 4.78 is 32.2. The Kier molecular flexibility index (Phi) is 5.67. The third-order valence-corrected chi connectivity index (χ3v) is 4.36. The van der Waals surface area contributed by atoms with Gasteiger partial charge in [0.1, 0.15) is 11.6 Å². The maximum absolute atomic E-state index is 13.9. The van der Waals surface area contributed by atoms with E-state index in [1.807, 2.05) is 0 Å². The SMILES string of the molecule is C[C@@H](OC(=O)[C@H]1CC(=O)N(c2ccccc2F)C1)C(=O)Nc1cccc(F)c1. The average molecular weight is 388 g/mol. The Labute approximate surface area is 160 Å². The molecule has 0 bridgehead atoms. The highest BCUT2D eigenvalue weighted by Gasteiger charge is 2.38. The van der Waals surface area contributed by atoms with Crippen molar-refractivity contribution in [3.05, 3.63) is 60.2 Å². The fourth-order valence-corrected chi connectivity index (χ4v) is 2.90. The van der Waals surface area contributed by atoms with Crippen molar-refractivity contribution in [3.8, 4) is 0 Å². The van der Waals surface area contributed by atoms with E-state index in [2.05, 4.69) is 5.32 Å². The van der Waals surface area contributed by atoms with Crippen LogP contribution in [0.3, 0.4) is 0 Å². The van der Waals surface area contributed by atoms with Gasteiger partial charge in [-0.25, -0.2) is 8.78 Å². The number of halogens is 2. The molecule has 1 aliphatic rings. The van der Waals surface area contributed by atoms with Gasteiger partial charge < -0.3 is 15.0 Å². The normalized spacial score (nSPS) is 17.3. The summed E-state index contributed by atoms with van der Waals surface area (Å²) >= 11 is 0. The van der Waals surface area contributed by atoms with Crippen molar-refractivity contribution in [2.75, 3.05) is 16.8 Å². The molecule has 0 saturated carbocycles. The lowest BCUT2D eigenvalue weighted by molar-refractivity contribution is -0.157. The van der Waals surface area contributed by atoms with Gasteiger partial charge in [0.05, 0.1) is 11.6 Å². The first-order chi connectivity index (χ1) is 13.3. The molecule has 3 rings (SSSR count). The molecule has 2 aromatic rings. The van der Waals surface area contributed by atoms with Crippen molar-refractivity contribution in [1.29, 1.82) is 0 Å². The summed E-state index contributed by atoms with van der Waals surface area (Å²) in [7, 11) is 0. The molecule has 146 valence electrons. The molecule has 0 aliphatic carbocycles. The summed E-state index contributed by atoms with van der Waals surface area (Å²) in [5, 5.41) is 2.45. The van der Waals surface area contributed by atoms with E-state index in [0.717, 1.165) is 6.07 Å². The quantitative estimate of drug-likeness (QED) is 0.800. The molecule has 2 aromatic carbocycles. The zero-order valence-corrected chi connectivity index (χ0v) is 15.0. The zero-order valence-electron chi connectivity index (χ0n) is 15.0. The predicted octanol–water partition coefficient (Wildman–Crippen LogP) is 2.89. The highest BCUT2D eigenvalue weighted by molar-refractivity contribution is 6.00. The molecule has 2 atom stereocenters. The summed E-state index contributed by atoms with van der Waals surface area (Å²) in [4.78, 5) is 37.8. The van der Waals surface area contributed by atoms with E-state index in [0.29, 0.717) is 0 Å². The monoisotopic (exact) mass is 388 g/mol. The number of carbonyl (C=O) groups is 3. The molecule has 0 radical (unpaired) electrons. The van der Waals surface area contributed by atoms with Crippen LogP contribution in [0.25, 0.3) is 0 Å². The van der Waals surface area contributed by atoms with Crippen molar-refractivity contribution in [2.45, 2.75) is 19.4 Å². The van der Waals surface area contributed by atoms with E-state index in [4.69, 9.17) is 4.74 Å². The van der Waals surface area contributed by atoms with Crippen molar-refractivity contribution < 1.29 is 27.9 Å². The largest absolute Gasteiger partial charge is 0.452 e. The van der Waals surface area contributed by atoms with Crippen molar-refractivity contribution in [3.63, 3.8) is 0 Å². The molecule has 0 spiro atoms. The minimum atomic E-state index is -1.15. The molecule has 6 nitrogen and oxygen atoms in total. The van der Waals surface area contributed by atoms with Crippen LogP contribution >= 0.6 is 0 Å². The number of nitrogens with one attached hydrogen (secondary N) is 1. The topological polar surface area (TPSA) is 75.7 Å².